The van der Waals surface area contributed by atoms with E-state index in [0.717, 1.165) is 0 Å². The Morgan fingerprint density at radius 1 is 0.944 bits per heavy atom. The molecule has 0 atom stereocenters. The van der Waals surface area contributed by atoms with Gasteiger partial charge in [-0.2, -0.15) is 0 Å². The van der Waals surface area contributed by atoms with Gasteiger partial charge in [0.2, 0.25) is 3.79 Å². The summed E-state index contributed by atoms with van der Waals surface area (Å²) < 4.78 is 50.2. The van der Waals surface area contributed by atoms with Crippen molar-refractivity contribution in [2.24, 2.45) is 0 Å². The van der Waals surface area contributed by atoms with Crippen molar-refractivity contribution in [3.8, 4) is 0 Å². The van der Waals surface area contributed by atoms with Crippen LogP contribution in [0.5, 0.6) is 0 Å². The molecule has 0 spiro atoms. The Morgan fingerprint density at radius 3 is 1.44 bits per heavy atom. The van der Waals surface area contributed by atoms with Crippen molar-refractivity contribution in [2.45, 2.75) is 3.79 Å². The third-order valence-electron chi connectivity index (χ3n) is 1.25. The molecule has 0 aliphatic carbocycles. The van der Waals surface area contributed by atoms with Gasteiger partial charge in [-0.25, -0.2) is 0 Å². The molecular formula is C6H2BCl5F5N. The molecule has 1 nitrogen and oxygen atoms in total. The lowest BCUT2D eigenvalue weighted by Crippen LogP contribution is -2.26. The summed E-state index contributed by atoms with van der Waals surface area (Å²) in [4.78, 5) is 0.0724. The zero-order valence-corrected chi connectivity index (χ0v) is 11.7. The van der Waals surface area contributed by atoms with Gasteiger partial charge in [0.1, 0.15) is 0 Å². The van der Waals surface area contributed by atoms with E-state index in [1.54, 1.807) is 0 Å². The molecule has 104 valence electrons. The fourth-order valence-electron chi connectivity index (χ4n) is 0.677. The van der Waals surface area contributed by atoms with E-state index < -0.39 is 11.0 Å². The van der Waals surface area contributed by atoms with Crippen molar-refractivity contribution in [3.05, 3.63) is 28.0 Å². The molecule has 0 aromatic carbocycles. The van der Waals surface area contributed by atoms with E-state index in [1.165, 1.54) is 12.1 Å². The van der Waals surface area contributed by atoms with Gasteiger partial charge in [-0.1, -0.05) is 34.8 Å². The van der Waals surface area contributed by atoms with E-state index in [2.05, 4.69) is 0 Å². The first kappa shape index (κ1) is 18.3. The molecule has 0 bridgehead atoms. The van der Waals surface area contributed by atoms with E-state index in [0.29, 0.717) is 0 Å². The van der Waals surface area contributed by atoms with Crippen molar-refractivity contribution in [1.29, 1.82) is 0 Å². The molecule has 12 heteroatoms. The number of nitrogens with zero attached hydrogens (tertiary/aromatic N) is 1. The number of alkyl halides is 3. The molecule has 0 N–H and O–H groups in total. The molecular weight excluding hydrogens is 369 g/mol. The summed E-state index contributed by atoms with van der Waals surface area (Å²) in [5, 5.41) is -0.511. The van der Waals surface area contributed by atoms with Crippen LogP contribution in [0, 0.1) is 0 Å². The average molecular weight is 371 g/mol. The van der Waals surface area contributed by atoms with Crippen LogP contribution in [-0.2, 0) is 3.79 Å². The monoisotopic (exact) mass is 369 g/mol. The molecule has 1 rings (SSSR count). The Morgan fingerprint density at radius 2 is 1.22 bits per heavy atom. The number of aromatic nitrogens is 1. The third-order valence-corrected chi connectivity index (χ3v) is 2.42. The van der Waals surface area contributed by atoms with Gasteiger partial charge < -0.3 is 17.3 Å². The van der Waals surface area contributed by atoms with Crippen LogP contribution < -0.4 is 4.79 Å². The Labute approximate surface area is 123 Å². The van der Waals surface area contributed by atoms with Gasteiger partial charge in [-0.05, 0) is 23.2 Å². The smallest absolute Gasteiger partial charge is 0.418 e. The number of pyridine rings is 1. The summed E-state index contributed by atoms with van der Waals surface area (Å²) >= 11 is 27.5. The molecule has 0 aliphatic heterocycles. The van der Waals surface area contributed by atoms with Crippen LogP contribution in [0.3, 0.4) is 0 Å². The lowest BCUT2D eigenvalue weighted by Gasteiger charge is -2.09. The lowest BCUT2D eigenvalue weighted by molar-refractivity contribution is -0.840. The molecule has 1 aromatic heterocycles. The van der Waals surface area contributed by atoms with Crippen molar-refractivity contribution in [2.75, 3.05) is 0 Å². The molecule has 0 saturated carbocycles. The number of hydrogen-bond acceptors (Lipinski definition) is 0. The quantitative estimate of drug-likeness (QED) is 0.257. The van der Waals surface area contributed by atoms with Gasteiger partial charge in [0.05, 0.1) is 9.27 Å². The minimum absolute atomic E-state index is 0.0724. The lowest BCUT2D eigenvalue weighted by atomic mass is 10.3. The maximum atomic E-state index is 12.8. The minimum atomic E-state index is -6.00. The Balaban J connectivity index is 0.000000494. The molecule has 18 heavy (non-hydrogen) atoms. The Hall–Kier alpha value is 0.315. The van der Waals surface area contributed by atoms with Gasteiger partial charge in [-0.15, -0.1) is 0 Å². The highest BCUT2D eigenvalue weighted by Crippen LogP contribution is 2.39. The predicted molar refractivity (Wildman–Crippen MR) is 62.6 cm³/mol. The zero-order valence-electron chi connectivity index (χ0n) is 7.96. The third kappa shape index (κ3) is 7.68. The second kappa shape index (κ2) is 6.66. The minimum Gasteiger partial charge on any atom is -0.418 e. The highest BCUT2D eigenvalue weighted by Gasteiger charge is 2.28. The van der Waals surface area contributed by atoms with Gasteiger partial charge in [0.15, 0.2) is 0 Å². The van der Waals surface area contributed by atoms with Gasteiger partial charge in [0.25, 0.3) is 0 Å². The van der Waals surface area contributed by atoms with E-state index in [9.17, 15) is 21.7 Å². The first-order chi connectivity index (χ1) is 7.82. The fraction of sp³-hybridized carbons (Fsp3) is 0.167. The van der Waals surface area contributed by atoms with Crippen LogP contribution in [-0.4, -0.2) is 7.25 Å². The van der Waals surface area contributed by atoms with Crippen LogP contribution in [0.15, 0.2) is 12.1 Å². The molecule has 1 heterocycles. The van der Waals surface area contributed by atoms with Gasteiger partial charge in [0, 0.05) is 17.7 Å². The number of rotatable bonds is 0. The maximum absolute atomic E-state index is 12.8. The average Bonchev–Trinajstić information content (AvgIpc) is 2.09. The highest BCUT2D eigenvalue weighted by molar-refractivity contribution is 6.66. The normalized spacial score (nSPS) is 11.9. The van der Waals surface area contributed by atoms with Crippen LogP contribution in [0.1, 0.15) is 5.56 Å². The molecule has 0 saturated heterocycles. The number of halogens is 10. The molecule has 0 aliphatic rings. The van der Waals surface area contributed by atoms with Crippen molar-refractivity contribution in [1.82, 2.24) is 0 Å². The van der Waals surface area contributed by atoms with Gasteiger partial charge >= 0.3 is 17.6 Å². The van der Waals surface area contributed by atoms with E-state index >= 15 is 0 Å². The summed E-state index contributed by atoms with van der Waals surface area (Å²) in [5.41, 5.74) is 0.210. The van der Waals surface area contributed by atoms with Crippen LogP contribution >= 0.6 is 58.0 Å². The topological polar surface area (TPSA) is 3.88 Å². The molecule has 0 radical (unpaired) electrons. The van der Waals surface area contributed by atoms with E-state index in [1.807, 2.05) is 0 Å². The predicted octanol–water partition coefficient (Wildman–Crippen LogP) is 5.14. The molecule has 1 aromatic rings. The van der Waals surface area contributed by atoms with E-state index in [-0.39, 0.29) is 20.7 Å². The van der Waals surface area contributed by atoms with Crippen LogP contribution in [0.25, 0.3) is 0 Å². The molecule has 0 fully saturated rings. The zero-order chi connectivity index (χ0) is 14.7. The van der Waals surface area contributed by atoms with Crippen molar-refractivity contribution < 1.29 is 26.5 Å². The second-order valence-electron chi connectivity index (χ2n) is 2.66. The van der Waals surface area contributed by atoms with E-state index in [4.69, 9.17) is 58.0 Å². The molecule has 0 amide bonds. The van der Waals surface area contributed by atoms with Crippen LogP contribution in [0.4, 0.5) is 21.7 Å². The number of hydrogen-bond donors (Lipinski definition) is 0. The van der Waals surface area contributed by atoms with Gasteiger partial charge in [-0.3, -0.25) is 0 Å². The fourth-order valence-corrected chi connectivity index (χ4v) is 1.47. The van der Waals surface area contributed by atoms with Crippen molar-refractivity contribution >= 4 is 65.3 Å². The summed E-state index contributed by atoms with van der Waals surface area (Å²) in [5.74, 6) is 0. The summed E-state index contributed by atoms with van der Waals surface area (Å²) in [6, 6.07) is 2.36. The first-order valence-corrected chi connectivity index (χ1v) is 5.73. The highest BCUT2D eigenvalue weighted by atomic mass is 35.6. The SMILES string of the molecule is F[B-](F)(F)F.F[n+]1c(Cl)cc(C(Cl)(Cl)Cl)cc1Cl. The standard InChI is InChI=1S/C6H2Cl5FN.BF4/c7-4-1-3(6(9,10)11)2-5(8)13(4)12;2-1(3,4)5/h1-2H;/q+1;-1. The van der Waals surface area contributed by atoms with Crippen molar-refractivity contribution in [3.63, 3.8) is 0 Å². The Kier molecular flexibility index (Phi) is 6.77. The summed E-state index contributed by atoms with van der Waals surface area (Å²) in [6.07, 6.45) is 0. The summed E-state index contributed by atoms with van der Waals surface area (Å²) in [7, 11) is -6.00. The maximum Gasteiger partial charge on any atom is 0.673 e. The Bertz CT molecular complexity index is 391. The largest absolute Gasteiger partial charge is 0.673 e. The second-order valence-corrected chi connectivity index (χ2v) is 5.72. The first-order valence-electron chi connectivity index (χ1n) is 3.84. The summed E-state index contributed by atoms with van der Waals surface area (Å²) in [6.45, 7) is 0. The van der Waals surface area contributed by atoms with Crippen LogP contribution in [0.2, 0.25) is 10.3 Å². The molecule has 0 unspecified atom stereocenters.